The highest BCUT2D eigenvalue weighted by molar-refractivity contribution is 5.94. The zero-order valence-corrected chi connectivity index (χ0v) is 11.1. The number of hydrogen-bond acceptors (Lipinski definition) is 2. The minimum absolute atomic E-state index is 0.0399. The molecular formula is C15H16FN3O. The summed E-state index contributed by atoms with van der Waals surface area (Å²) >= 11 is 0. The van der Waals surface area contributed by atoms with Crippen LogP contribution in [0.3, 0.4) is 0 Å². The van der Waals surface area contributed by atoms with E-state index in [2.05, 4.69) is 5.10 Å². The van der Waals surface area contributed by atoms with E-state index in [0.29, 0.717) is 12.1 Å². The Bertz CT molecular complexity index is 580. The number of amides is 1. The molecule has 1 unspecified atom stereocenters. The van der Waals surface area contributed by atoms with Gasteiger partial charge in [-0.3, -0.25) is 9.48 Å². The van der Waals surface area contributed by atoms with Gasteiger partial charge in [0.2, 0.25) is 0 Å². The highest BCUT2D eigenvalue weighted by atomic mass is 19.1. The molecule has 1 fully saturated rings. The van der Waals surface area contributed by atoms with Gasteiger partial charge in [-0.1, -0.05) is 0 Å². The summed E-state index contributed by atoms with van der Waals surface area (Å²) in [5, 5.41) is 4.25. The topological polar surface area (TPSA) is 38.1 Å². The number of benzene rings is 1. The van der Waals surface area contributed by atoms with Crippen LogP contribution in [0.2, 0.25) is 0 Å². The summed E-state index contributed by atoms with van der Waals surface area (Å²) in [6.45, 7) is 1.39. The molecule has 4 nitrogen and oxygen atoms in total. The number of carbonyl (C=O) groups excluding carboxylic acids is 1. The van der Waals surface area contributed by atoms with E-state index < -0.39 is 0 Å². The number of hydrogen-bond donors (Lipinski definition) is 0. The van der Waals surface area contributed by atoms with E-state index >= 15 is 0 Å². The van der Waals surface area contributed by atoms with E-state index in [-0.39, 0.29) is 17.8 Å². The third-order valence-electron chi connectivity index (χ3n) is 3.67. The normalized spacial score (nSPS) is 19.1. The number of aromatic nitrogens is 2. The van der Waals surface area contributed by atoms with E-state index in [1.165, 1.54) is 24.3 Å². The highest BCUT2D eigenvalue weighted by Crippen LogP contribution is 2.22. The fourth-order valence-corrected chi connectivity index (χ4v) is 2.63. The Hall–Kier alpha value is -2.17. The minimum atomic E-state index is -0.324. The third-order valence-corrected chi connectivity index (χ3v) is 3.67. The number of likely N-dealkylation sites (tertiary alicyclic amines) is 1. The molecule has 1 aliphatic rings. The van der Waals surface area contributed by atoms with Gasteiger partial charge in [-0.15, -0.1) is 0 Å². The SMILES string of the molecule is O=C(c1ccc(F)cc1)N1CCCC(n2cccn2)C1. The van der Waals surface area contributed by atoms with Crippen LogP contribution in [0.4, 0.5) is 4.39 Å². The zero-order chi connectivity index (χ0) is 13.9. The van der Waals surface area contributed by atoms with Gasteiger partial charge < -0.3 is 4.90 Å². The molecule has 1 aliphatic heterocycles. The van der Waals surface area contributed by atoms with Crippen molar-refractivity contribution in [1.29, 1.82) is 0 Å². The molecule has 1 saturated heterocycles. The summed E-state index contributed by atoms with van der Waals surface area (Å²) in [6, 6.07) is 7.83. The summed E-state index contributed by atoms with van der Waals surface area (Å²) in [5.41, 5.74) is 0.535. The van der Waals surface area contributed by atoms with Gasteiger partial charge in [-0.2, -0.15) is 5.10 Å². The molecule has 1 aromatic heterocycles. The van der Waals surface area contributed by atoms with Crippen molar-refractivity contribution in [3.05, 3.63) is 54.1 Å². The van der Waals surface area contributed by atoms with Crippen LogP contribution in [0, 0.1) is 5.82 Å². The van der Waals surface area contributed by atoms with Crippen LogP contribution in [-0.2, 0) is 0 Å². The molecule has 20 heavy (non-hydrogen) atoms. The fourth-order valence-electron chi connectivity index (χ4n) is 2.63. The van der Waals surface area contributed by atoms with Crippen LogP contribution < -0.4 is 0 Å². The predicted molar refractivity (Wildman–Crippen MR) is 72.8 cm³/mol. The van der Waals surface area contributed by atoms with Crippen molar-refractivity contribution in [2.45, 2.75) is 18.9 Å². The third kappa shape index (κ3) is 2.57. The van der Waals surface area contributed by atoms with Crippen molar-refractivity contribution in [3.63, 3.8) is 0 Å². The second kappa shape index (κ2) is 5.45. The predicted octanol–water partition coefficient (Wildman–Crippen LogP) is 2.50. The van der Waals surface area contributed by atoms with Crippen LogP contribution in [0.15, 0.2) is 42.7 Å². The van der Waals surface area contributed by atoms with Gasteiger partial charge in [0, 0.05) is 31.0 Å². The first-order chi connectivity index (χ1) is 9.74. The van der Waals surface area contributed by atoms with Crippen LogP contribution >= 0.6 is 0 Å². The van der Waals surface area contributed by atoms with Gasteiger partial charge in [0.05, 0.1) is 6.04 Å². The Morgan fingerprint density at radius 2 is 2.10 bits per heavy atom. The first kappa shape index (κ1) is 12.8. The van der Waals surface area contributed by atoms with Gasteiger partial charge in [-0.05, 0) is 43.2 Å². The van der Waals surface area contributed by atoms with Gasteiger partial charge >= 0.3 is 0 Å². The second-order valence-electron chi connectivity index (χ2n) is 5.04. The quantitative estimate of drug-likeness (QED) is 0.843. The monoisotopic (exact) mass is 273 g/mol. The van der Waals surface area contributed by atoms with E-state index in [9.17, 15) is 9.18 Å². The van der Waals surface area contributed by atoms with Crippen molar-refractivity contribution in [2.75, 3.05) is 13.1 Å². The standard InChI is InChI=1S/C15H16FN3O/c16-13-6-4-12(5-7-13)15(20)18-9-1-3-14(11-18)19-10-2-8-17-19/h2,4-8,10,14H,1,3,9,11H2. The summed E-state index contributed by atoms with van der Waals surface area (Å²) < 4.78 is 14.8. The molecule has 0 radical (unpaired) electrons. The Morgan fingerprint density at radius 1 is 1.30 bits per heavy atom. The van der Waals surface area contributed by atoms with E-state index in [1.807, 2.05) is 21.8 Å². The molecule has 5 heteroatoms. The summed E-state index contributed by atoms with van der Waals surface area (Å²) in [5.74, 6) is -0.364. The molecule has 1 amide bonds. The highest BCUT2D eigenvalue weighted by Gasteiger charge is 2.25. The lowest BCUT2D eigenvalue weighted by molar-refractivity contribution is 0.0673. The van der Waals surface area contributed by atoms with Crippen molar-refractivity contribution in [3.8, 4) is 0 Å². The van der Waals surface area contributed by atoms with Crippen LogP contribution in [-0.4, -0.2) is 33.7 Å². The van der Waals surface area contributed by atoms with E-state index in [1.54, 1.807) is 6.20 Å². The summed E-state index contributed by atoms with van der Waals surface area (Å²) in [6.07, 6.45) is 5.66. The van der Waals surface area contributed by atoms with Crippen LogP contribution in [0.1, 0.15) is 29.2 Å². The van der Waals surface area contributed by atoms with Crippen LogP contribution in [0.25, 0.3) is 0 Å². The maximum atomic E-state index is 12.9. The summed E-state index contributed by atoms with van der Waals surface area (Å²) in [7, 11) is 0. The van der Waals surface area contributed by atoms with E-state index in [0.717, 1.165) is 19.4 Å². The van der Waals surface area contributed by atoms with Crippen molar-refractivity contribution < 1.29 is 9.18 Å². The van der Waals surface area contributed by atoms with Crippen molar-refractivity contribution >= 4 is 5.91 Å². The first-order valence-electron chi connectivity index (χ1n) is 6.78. The number of halogens is 1. The Labute approximate surface area is 116 Å². The Kier molecular flexibility index (Phi) is 3.50. The fraction of sp³-hybridized carbons (Fsp3) is 0.333. The average molecular weight is 273 g/mol. The molecule has 2 aromatic rings. The maximum Gasteiger partial charge on any atom is 0.253 e. The van der Waals surface area contributed by atoms with Crippen molar-refractivity contribution in [2.24, 2.45) is 0 Å². The zero-order valence-electron chi connectivity index (χ0n) is 11.1. The van der Waals surface area contributed by atoms with Gasteiger partial charge in [0.15, 0.2) is 0 Å². The molecule has 0 aliphatic carbocycles. The number of piperidine rings is 1. The molecule has 2 heterocycles. The van der Waals surface area contributed by atoms with Crippen LogP contribution in [0.5, 0.6) is 0 Å². The Balaban J connectivity index is 1.73. The second-order valence-corrected chi connectivity index (χ2v) is 5.04. The molecule has 0 spiro atoms. The molecule has 0 N–H and O–H groups in total. The van der Waals surface area contributed by atoms with Crippen molar-refractivity contribution in [1.82, 2.24) is 14.7 Å². The lowest BCUT2D eigenvalue weighted by atomic mass is 10.0. The number of carbonyl (C=O) groups is 1. The molecule has 1 atom stereocenters. The Morgan fingerprint density at radius 3 is 2.80 bits per heavy atom. The summed E-state index contributed by atoms with van der Waals surface area (Å²) in [4.78, 5) is 14.2. The molecule has 0 saturated carbocycles. The molecule has 1 aromatic carbocycles. The largest absolute Gasteiger partial charge is 0.337 e. The lowest BCUT2D eigenvalue weighted by Gasteiger charge is -2.33. The van der Waals surface area contributed by atoms with Gasteiger partial charge in [0.25, 0.3) is 5.91 Å². The smallest absolute Gasteiger partial charge is 0.253 e. The van der Waals surface area contributed by atoms with E-state index in [4.69, 9.17) is 0 Å². The van der Waals surface area contributed by atoms with Gasteiger partial charge in [-0.25, -0.2) is 4.39 Å². The van der Waals surface area contributed by atoms with Gasteiger partial charge in [0.1, 0.15) is 5.82 Å². The molecule has 0 bridgehead atoms. The molecular weight excluding hydrogens is 257 g/mol. The number of nitrogens with zero attached hydrogens (tertiary/aromatic N) is 3. The lowest BCUT2D eigenvalue weighted by Crippen LogP contribution is -2.40. The molecule has 104 valence electrons. The minimum Gasteiger partial charge on any atom is -0.337 e. The average Bonchev–Trinajstić information content (AvgIpc) is 3.02. The molecule has 3 rings (SSSR count). The maximum absolute atomic E-state index is 12.9. The first-order valence-corrected chi connectivity index (χ1v) is 6.78. The number of rotatable bonds is 2.